The summed E-state index contributed by atoms with van der Waals surface area (Å²) in [7, 11) is 0. The van der Waals surface area contributed by atoms with Gasteiger partial charge in [-0.25, -0.2) is 12.1 Å². The predicted molar refractivity (Wildman–Crippen MR) is 83.3 cm³/mol. The van der Waals surface area contributed by atoms with Crippen LogP contribution in [0.4, 0.5) is 0 Å². The summed E-state index contributed by atoms with van der Waals surface area (Å²) in [5.74, 6) is -0.364. The van der Waals surface area contributed by atoms with E-state index in [-0.39, 0.29) is 53.0 Å². The Morgan fingerprint density at radius 3 is 1.70 bits per heavy atom. The van der Waals surface area contributed by atoms with Crippen LogP contribution in [-0.2, 0) is 26.7 Å². The number of ketones is 4. The number of carbonyl (C=O) groups is 4. The standard InChI is InChI=1S/2C9H9O2.Fe/c2*1-7(10)6-9(11)8-4-2-3-5-8;/h2*2-5H,6H2,1H3;/q-5;-1;. The zero-order valence-electron chi connectivity index (χ0n) is 13.0. The average molecular weight is 354 g/mol. The first-order valence-electron chi connectivity index (χ1n) is 6.89. The topological polar surface area (TPSA) is 68.3 Å². The Kier molecular flexibility index (Phi) is 9.63. The van der Waals surface area contributed by atoms with Crippen molar-refractivity contribution >= 4 is 23.1 Å². The van der Waals surface area contributed by atoms with Crippen molar-refractivity contribution in [3.63, 3.8) is 0 Å². The Morgan fingerprint density at radius 2 is 1.26 bits per heavy atom. The van der Waals surface area contributed by atoms with Crippen LogP contribution in [0, 0.1) is 0 Å². The van der Waals surface area contributed by atoms with Crippen LogP contribution in [-0.4, -0.2) is 23.1 Å². The van der Waals surface area contributed by atoms with Crippen molar-refractivity contribution in [1.82, 2.24) is 0 Å². The normalized spacial score (nSPS) is 9.13. The Labute approximate surface area is 146 Å². The number of hydrogen-bond donors (Lipinski definition) is 0. The largest absolute Gasteiger partial charge is 0.718 e. The number of hydrogen-bond acceptors (Lipinski definition) is 4. The molecular formula is C18H18FeO4-6. The molecule has 0 saturated heterocycles. The first-order valence-corrected chi connectivity index (χ1v) is 6.89. The Morgan fingerprint density at radius 1 is 0.826 bits per heavy atom. The SMILES string of the molecule is CC(=O)CC(=O)[c-]1[cH-][cH-][cH-][cH-]1.CC(=O)CC(=O)[c-]1cccc1.[Fe]. The van der Waals surface area contributed by atoms with E-state index in [1.165, 1.54) is 13.8 Å². The molecule has 0 unspecified atom stereocenters. The fourth-order valence-corrected chi connectivity index (χ4v) is 1.78. The summed E-state index contributed by atoms with van der Waals surface area (Å²) >= 11 is 0. The molecule has 2 aromatic rings. The van der Waals surface area contributed by atoms with Crippen LogP contribution < -0.4 is 0 Å². The molecule has 4 nitrogen and oxygen atoms in total. The molecule has 0 spiro atoms. The second kappa shape index (κ2) is 10.6. The van der Waals surface area contributed by atoms with Crippen molar-refractivity contribution in [3.05, 3.63) is 59.7 Å². The van der Waals surface area contributed by atoms with Gasteiger partial charge in [0.1, 0.15) is 17.3 Å². The maximum Gasteiger partial charge on any atom is 0.136 e. The van der Waals surface area contributed by atoms with Gasteiger partial charge in [0.05, 0.1) is 6.42 Å². The molecule has 2 aromatic carbocycles. The molecule has 0 radical (unpaired) electrons. The van der Waals surface area contributed by atoms with E-state index in [0.29, 0.717) is 11.1 Å². The van der Waals surface area contributed by atoms with Gasteiger partial charge in [-0.1, -0.05) is 12.0 Å². The summed E-state index contributed by atoms with van der Waals surface area (Å²) in [6, 6.07) is 14.0. The molecule has 0 amide bonds. The minimum atomic E-state index is -0.0949. The maximum absolute atomic E-state index is 11.1. The van der Waals surface area contributed by atoms with Crippen LogP contribution in [0.1, 0.15) is 47.4 Å². The summed E-state index contributed by atoms with van der Waals surface area (Å²) in [4.78, 5) is 43.2. The van der Waals surface area contributed by atoms with Gasteiger partial charge < -0.3 is 44.2 Å². The average Bonchev–Trinajstić information content (AvgIpc) is 3.12. The van der Waals surface area contributed by atoms with Crippen molar-refractivity contribution in [2.24, 2.45) is 0 Å². The van der Waals surface area contributed by atoms with Gasteiger partial charge in [0.15, 0.2) is 0 Å². The van der Waals surface area contributed by atoms with E-state index in [1.807, 2.05) is 0 Å². The fourth-order valence-electron chi connectivity index (χ4n) is 1.78. The molecule has 0 aromatic heterocycles. The number of rotatable bonds is 6. The summed E-state index contributed by atoms with van der Waals surface area (Å²) < 4.78 is 0. The van der Waals surface area contributed by atoms with Crippen LogP contribution in [0.15, 0.2) is 48.5 Å². The van der Waals surface area contributed by atoms with Crippen molar-refractivity contribution in [3.8, 4) is 0 Å². The zero-order valence-corrected chi connectivity index (χ0v) is 14.1. The second-order valence-corrected chi connectivity index (χ2v) is 4.95. The number of Topliss-reactive ketones (excluding diaryl/α,β-unsaturated/α-hetero) is 4. The van der Waals surface area contributed by atoms with Crippen molar-refractivity contribution in [1.29, 1.82) is 0 Å². The van der Waals surface area contributed by atoms with E-state index < -0.39 is 0 Å². The van der Waals surface area contributed by atoms with Crippen LogP contribution in [0.5, 0.6) is 0 Å². The van der Waals surface area contributed by atoms with Gasteiger partial charge in [-0.15, -0.1) is 0 Å². The molecule has 2 rings (SSSR count). The summed E-state index contributed by atoms with van der Waals surface area (Å²) in [5.41, 5.74) is 1.25. The molecular weight excluding hydrogens is 336 g/mol. The van der Waals surface area contributed by atoms with E-state index >= 15 is 0 Å². The van der Waals surface area contributed by atoms with Gasteiger partial charge >= 0.3 is 0 Å². The second-order valence-electron chi connectivity index (χ2n) is 4.95. The van der Waals surface area contributed by atoms with Gasteiger partial charge in [-0.05, 0) is 13.8 Å². The quantitative estimate of drug-likeness (QED) is 0.346. The smallest absolute Gasteiger partial charge is 0.136 e. The molecule has 0 bridgehead atoms. The zero-order chi connectivity index (χ0) is 16.5. The minimum Gasteiger partial charge on any atom is -0.718 e. The van der Waals surface area contributed by atoms with E-state index in [2.05, 4.69) is 0 Å². The third-order valence-electron chi connectivity index (χ3n) is 2.79. The van der Waals surface area contributed by atoms with E-state index in [4.69, 9.17) is 0 Å². The summed E-state index contributed by atoms with van der Waals surface area (Å²) in [5, 5.41) is 0. The van der Waals surface area contributed by atoms with Gasteiger partial charge in [0.25, 0.3) is 0 Å². The Hall–Kier alpha value is -2.10. The van der Waals surface area contributed by atoms with E-state index in [9.17, 15) is 19.2 Å². The van der Waals surface area contributed by atoms with Crippen molar-refractivity contribution < 1.29 is 36.2 Å². The molecule has 0 saturated carbocycles. The third kappa shape index (κ3) is 8.19. The summed E-state index contributed by atoms with van der Waals surface area (Å²) in [6.45, 7) is 2.84. The van der Waals surface area contributed by atoms with Crippen LogP contribution in [0.2, 0.25) is 0 Å². The first kappa shape index (κ1) is 20.9. The van der Waals surface area contributed by atoms with Crippen LogP contribution >= 0.6 is 0 Å². The van der Waals surface area contributed by atoms with E-state index in [1.54, 1.807) is 48.5 Å². The molecule has 0 N–H and O–H groups in total. The van der Waals surface area contributed by atoms with Crippen molar-refractivity contribution in [2.45, 2.75) is 26.7 Å². The van der Waals surface area contributed by atoms with Gasteiger partial charge in [-0.3, -0.25) is 10.6 Å². The van der Waals surface area contributed by atoms with Gasteiger partial charge in [0, 0.05) is 17.1 Å². The maximum atomic E-state index is 11.1. The van der Waals surface area contributed by atoms with E-state index in [0.717, 1.165) is 0 Å². The Bertz CT molecular complexity index is 578. The third-order valence-corrected chi connectivity index (χ3v) is 2.79. The van der Waals surface area contributed by atoms with Gasteiger partial charge in [0.2, 0.25) is 0 Å². The molecule has 0 aliphatic heterocycles. The minimum absolute atomic E-state index is 0. The summed E-state index contributed by atoms with van der Waals surface area (Å²) in [6.07, 6.45) is 0.0357. The Balaban J connectivity index is 0.000000403. The molecule has 0 aliphatic carbocycles. The first-order chi connectivity index (χ1) is 10.4. The molecule has 0 aliphatic rings. The molecule has 23 heavy (non-hydrogen) atoms. The van der Waals surface area contributed by atoms with Crippen LogP contribution in [0.3, 0.4) is 0 Å². The molecule has 0 atom stereocenters. The number of carbonyl (C=O) groups excluding carboxylic acids is 4. The van der Waals surface area contributed by atoms with Crippen LogP contribution in [0.25, 0.3) is 0 Å². The molecule has 5 heteroatoms. The predicted octanol–water partition coefficient (Wildman–Crippen LogP) is 3.13. The molecule has 128 valence electrons. The van der Waals surface area contributed by atoms with Gasteiger partial charge in [-0.2, -0.15) is 12.1 Å². The molecule has 0 heterocycles. The van der Waals surface area contributed by atoms with Crippen molar-refractivity contribution in [2.75, 3.05) is 0 Å². The monoisotopic (exact) mass is 354 g/mol. The fraction of sp³-hybridized carbons (Fsp3) is 0.222. The molecule has 0 fully saturated rings.